The minimum absolute atomic E-state index is 0.0215. The summed E-state index contributed by atoms with van der Waals surface area (Å²) in [5.41, 5.74) is 1.46. The predicted octanol–water partition coefficient (Wildman–Crippen LogP) is 2.78. The van der Waals surface area contributed by atoms with E-state index < -0.39 is 0 Å². The van der Waals surface area contributed by atoms with Crippen LogP contribution in [-0.2, 0) is 9.59 Å². The lowest BCUT2D eigenvalue weighted by Gasteiger charge is -2.39. The highest BCUT2D eigenvalue weighted by Crippen LogP contribution is 2.22. The van der Waals surface area contributed by atoms with E-state index in [0.717, 1.165) is 25.7 Å². The van der Waals surface area contributed by atoms with Crippen molar-refractivity contribution in [2.75, 3.05) is 6.54 Å². The maximum absolute atomic E-state index is 12.6. The largest absolute Gasteiger partial charge is 0.343 e. The van der Waals surface area contributed by atoms with Crippen LogP contribution in [0.15, 0.2) is 11.6 Å². The van der Waals surface area contributed by atoms with E-state index in [1.54, 1.807) is 0 Å². The Hall–Kier alpha value is -1.32. The molecule has 0 saturated carbocycles. The van der Waals surface area contributed by atoms with Gasteiger partial charge in [0.25, 0.3) is 0 Å². The van der Waals surface area contributed by atoms with Crippen molar-refractivity contribution < 1.29 is 9.59 Å². The number of nitrogens with one attached hydrogen (secondary N) is 1. The monoisotopic (exact) mass is 292 g/mol. The minimum Gasteiger partial charge on any atom is -0.343 e. The van der Waals surface area contributed by atoms with Gasteiger partial charge in [-0.05, 0) is 44.9 Å². The quantitative estimate of drug-likeness (QED) is 0.765. The van der Waals surface area contributed by atoms with Gasteiger partial charge in [0.2, 0.25) is 11.8 Å². The van der Waals surface area contributed by atoms with Crippen LogP contribution < -0.4 is 5.32 Å². The van der Waals surface area contributed by atoms with Gasteiger partial charge < -0.3 is 10.2 Å². The molecule has 1 aliphatic heterocycles. The van der Waals surface area contributed by atoms with Crippen LogP contribution in [0.5, 0.6) is 0 Å². The lowest BCUT2D eigenvalue weighted by atomic mass is 9.96. The summed E-state index contributed by atoms with van der Waals surface area (Å²) in [6.45, 7) is 4.71. The molecule has 1 fully saturated rings. The molecular weight excluding hydrogens is 264 g/mol. The Morgan fingerprint density at radius 3 is 2.71 bits per heavy atom. The van der Waals surface area contributed by atoms with Crippen molar-refractivity contribution >= 4 is 11.8 Å². The molecule has 2 unspecified atom stereocenters. The van der Waals surface area contributed by atoms with Gasteiger partial charge in [0.15, 0.2) is 0 Å². The fourth-order valence-electron chi connectivity index (χ4n) is 3.38. The Balaban J connectivity index is 2.02. The lowest BCUT2D eigenvalue weighted by molar-refractivity contribution is -0.149. The Bertz CT molecular complexity index is 417. The summed E-state index contributed by atoms with van der Waals surface area (Å²) < 4.78 is 0. The van der Waals surface area contributed by atoms with Crippen LogP contribution in [0.1, 0.15) is 65.2 Å². The zero-order valence-electron chi connectivity index (χ0n) is 13.4. The molecule has 2 rings (SSSR count). The predicted molar refractivity (Wildman–Crippen MR) is 83.8 cm³/mol. The van der Waals surface area contributed by atoms with Crippen LogP contribution in [0.4, 0.5) is 0 Å². The van der Waals surface area contributed by atoms with Gasteiger partial charge in [0.05, 0.1) is 0 Å². The van der Waals surface area contributed by atoms with Crippen molar-refractivity contribution in [3.05, 3.63) is 11.6 Å². The van der Waals surface area contributed by atoms with Crippen LogP contribution in [0, 0.1) is 0 Å². The molecule has 0 aromatic heterocycles. The molecule has 1 saturated heterocycles. The highest BCUT2D eigenvalue weighted by Gasteiger charge is 2.38. The van der Waals surface area contributed by atoms with Gasteiger partial charge >= 0.3 is 0 Å². The van der Waals surface area contributed by atoms with Crippen LogP contribution in [0.2, 0.25) is 0 Å². The van der Waals surface area contributed by atoms with Gasteiger partial charge in [-0.2, -0.15) is 0 Å². The second-order valence-corrected chi connectivity index (χ2v) is 6.16. The molecule has 0 aromatic carbocycles. The fourth-order valence-corrected chi connectivity index (χ4v) is 3.38. The Labute approximate surface area is 128 Å². The van der Waals surface area contributed by atoms with Gasteiger partial charge in [-0.15, -0.1) is 0 Å². The van der Waals surface area contributed by atoms with E-state index in [2.05, 4.69) is 11.4 Å². The van der Waals surface area contributed by atoms with Gasteiger partial charge in [-0.3, -0.25) is 9.59 Å². The molecule has 2 amide bonds. The van der Waals surface area contributed by atoms with Gasteiger partial charge in [0, 0.05) is 6.54 Å². The van der Waals surface area contributed by atoms with Crippen LogP contribution in [-0.4, -0.2) is 35.3 Å². The fraction of sp³-hybridized carbons (Fsp3) is 0.765. The third-order valence-corrected chi connectivity index (χ3v) is 4.60. The maximum atomic E-state index is 12.6. The molecule has 0 spiro atoms. The number of piperazine rings is 1. The van der Waals surface area contributed by atoms with E-state index in [0.29, 0.717) is 13.0 Å². The first-order valence-corrected chi connectivity index (χ1v) is 8.46. The zero-order chi connectivity index (χ0) is 15.2. The van der Waals surface area contributed by atoms with Crippen molar-refractivity contribution in [2.24, 2.45) is 0 Å². The first-order chi connectivity index (χ1) is 10.2. The Kier molecular flexibility index (Phi) is 5.83. The third-order valence-electron chi connectivity index (χ3n) is 4.60. The number of allylic oxidation sites excluding steroid dienone is 1. The smallest absolute Gasteiger partial charge is 0.245 e. The minimum atomic E-state index is -0.314. The normalized spacial score (nSPS) is 26.6. The average molecular weight is 292 g/mol. The molecular formula is C17H28N2O2. The average Bonchev–Trinajstić information content (AvgIpc) is 2.50. The number of amides is 2. The second kappa shape index (κ2) is 7.62. The molecule has 2 aliphatic rings. The number of hydrogen-bond acceptors (Lipinski definition) is 2. The number of rotatable bonds is 6. The summed E-state index contributed by atoms with van der Waals surface area (Å²) in [6, 6.07) is -0.597. The van der Waals surface area contributed by atoms with E-state index in [1.165, 1.54) is 24.8 Å². The molecule has 1 aliphatic carbocycles. The first kappa shape index (κ1) is 16.1. The Morgan fingerprint density at radius 2 is 2.10 bits per heavy atom. The molecule has 1 heterocycles. The molecule has 0 radical (unpaired) electrons. The summed E-state index contributed by atoms with van der Waals surface area (Å²) in [7, 11) is 0. The van der Waals surface area contributed by atoms with Gasteiger partial charge in [-0.1, -0.05) is 31.9 Å². The Morgan fingerprint density at radius 1 is 1.29 bits per heavy atom. The second-order valence-electron chi connectivity index (χ2n) is 6.16. The summed E-state index contributed by atoms with van der Waals surface area (Å²) in [5, 5.41) is 2.89. The van der Waals surface area contributed by atoms with E-state index in [4.69, 9.17) is 0 Å². The van der Waals surface area contributed by atoms with E-state index in [1.807, 2.05) is 18.7 Å². The molecule has 4 heteroatoms. The number of hydrogen-bond donors (Lipinski definition) is 1. The highest BCUT2D eigenvalue weighted by molar-refractivity contribution is 5.96. The van der Waals surface area contributed by atoms with Crippen molar-refractivity contribution in [1.82, 2.24) is 10.2 Å². The van der Waals surface area contributed by atoms with E-state index in [9.17, 15) is 9.59 Å². The maximum Gasteiger partial charge on any atom is 0.245 e. The van der Waals surface area contributed by atoms with Crippen LogP contribution in [0.25, 0.3) is 0 Å². The number of carbonyl (C=O) groups is 2. The molecule has 118 valence electrons. The first-order valence-electron chi connectivity index (χ1n) is 8.46. The third kappa shape index (κ3) is 3.86. The topological polar surface area (TPSA) is 49.4 Å². The molecule has 21 heavy (non-hydrogen) atoms. The number of nitrogens with zero attached hydrogens (tertiary/aromatic N) is 1. The summed E-state index contributed by atoms with van der Waals surface area (Å²) >= 11 is 0. The van der Waals surface area contributed by atoms with Crippen molar-refractivity contribution in [1.29, 1.82) is 0 Å². The standard InChI is InChI=1S/C17H28N2O2/c1-3-8-14-17(21)19(15(4-2)16(20)18-14)12-11-13-9-6-5-7-10-13/h9,14-15H,3-8,10-12H2,1-2H3,(H,18,20). The number of carbonyl (C=O) groups excluding carboxylic acids is 2. The zero-order valence-corrected chi connectivity index (χ0v) is 13.4. The molecule has 0 aromatic rings. The molecule has 2 atom stereocenters. The van der Waals surface area contributed by atoms with Crippen molar-refractivity contribution in [3.8, 4) is 0 Å². The summed E-state index contributed by atoms with van der Waals surface area (Å²) in [5.74, 6) is 0.132. The van der Waals surface area contributed by atoms with Gasteiger partial charge in [-0.25, -0.2) is 0 Å². The van der Waals surface area contributed by atoms with Crippen molar-refractivity contribution in [3.63, 3.8) is 0 Å². The highest BCUT2D eigenvalue weighted by atomic mass is 16.2. The molecule has 4 nitrogen and oxygen atoms in total. The van der Waals surface area contributed by atoms with Crippen LogP contribution >= 0.6 is 0 Å². The molecule has 0 bridgehead atoms. The SMILES string of the molecule is CCCC1NC(=O)C(CC)N(CCC2=CCCCC2)C1=O. The van der Waals surface area contributed by atoms with Crippen molar-refractivity contribution in [2.45, 2.75) is 77.3 Å². The summed E-state index contributed by atoms with van der Waals surface area (Å²) in [6.07, 6.45) is 10.4. The van der Waals surface area contributed by atoms with Crippen LogP contribution in [0.3, 0.4) is 0 Å². The summed E-state index contributed by atoms with van der Waals surface area (Å²) in [4.78, 5) is 26.6. The van der Waals surface area contributed by atoms with Gasteiger partial charge in [0.1, 0.15) is 12.1 Å². The lowest BCUT2D eigenvalue weighted by Crippen LogP contribution is -2.63. The molecule has 1 N–H and O–H groups in total. The van der Waals surface area contributed by atoms with E-state index >= 15 is 0 Å². The van der Waals surface area contributed by atoms with E-state index in [-0.39, 0.29) is 23.9 Å².